The second-order valence-electron chi connectivity index (χ2n) is 5.95. The molecule has 0 saturated carbocycles. The summed E-state index contributed by atoms with van der Waals surface area (Å²) >= 11 is 1.46. The minimum atomic E-state index is -1.17. The van der Waals surface area contributed by atoms with Crippen LogP contribution in [0.2, 0.25) is 0 Å². The van der Waals surface area contributed by atoms with Crippen molar-refractivity contribution >= 4 is 57.1 Å². The van der Waals surface area contributed by atoms with Crippen molar-refractivity contribution in [3.63, 3.8) is 0 Å². The Morgan fingerprint density at radius 2 is 1.83 bits per heavy atom. The molecule has 2 aromatic heterocycles. The van der Waals surface area contributed by atoms with Crippen molar-refractivity contribution in [2.24, 2.45) is 7.05 Å². The van der Waals surface area contributed by atoms with Crippen LogP contribution in [0.15, 0.2) is 4.79 Å². The number of carboxylic acid groups (broad SMARTS) is 1. The van der Waals surface area contributed by atoms with Gasteiger partial charge in [0.25, 0.3) is 5.56 Å². The maximum absolute atomic E-state index is 12.4. The van der Waals surface area contributed by atoms with Crippen LogP contribution in [0.1, 0.15) is 66.5 Å². The number of unbranched alkanes of at least 4 members (excludes halogenated alkanes) is 5. The normalized spacial score (nSPS) is 10.8. The van der Waals surface area contributed by atoms with Gasteiger partial charge in [-0.3, -0.25) is 9.36 Å². The van der Waals surface area contributed by atoms with E-state index >= 15 is 0 Å². The Kier molecular flexibility index (Phi) is 8.63. The first kappa shape index (κ1) is 21.4. The van der Waals surface area contributed by atoms with E-state index in [4.69, 9.17) is 5.11 Å². The van der Waals surface area contributed by atoms with Crippen molar-refractivity contribution in [2.45, 2.75) is 58.8 Å². The van der Waals surface area contributed by atoms with Gasteiger partial charge in [0.15, 0.2) is 0 Å². The number of thiophene rings is 1. The van der Waals surface area contributed by atoms with Gasteiger partial charge in [-0.05, 0) is 25.3 Å². The van der Waals surface area contributed by atoms with Crippen LogP contribution in [0.4, 0.5) is 0 Å². The summed E-state index contributed by atoms with van der Waals surface area (Å²) in [6.07, 6.45) is 8.30. The van der Waals surface area contributed by atoms with E-state index < -0.39 is 5.97 Å². The number of aryl methyl sites for hydroxylation is 2. The van der Waals surface area contributed by atoms with E-state index in [2.05, 4.69) is 11.9 Å². The van der Waals surface area contributed by atoms with Gasteiger partial charge in [-0.1, -0.05) is 39.0 Å². The number of rotatable bonds is 8. The second-order valence-corrected chi connectivity index (χ2v) is 7.04. The van der Waals surface area contributed by atoms with Gasteiger partial charge in [0.2, 0.25) is 5.82 Å². The van der Waals surface area contributed by atoms with Gasteiger partial charge in [0, 0.05) is 11.9 Å². The van der Waals surface area contributed by atoms with E-state index in [9.17, 15) is 9.59 Å². The van der Waals surface area contributed by atoms with Crippen LogP contribution in [-0.4, -0.2) is 50.2 Å². The van der Waals surface area contributed by atoms with Gasteiger partial charge >= 0.3 is 35.5 Å². The molecule has 0 saturated heterocycles. The van der Waals surface area contributed by atoms with Crippen LogP contribution in [0, 0.1) is 6.92 Å². The van der Waals surface area contributed by atoms with E-state index in [1.54, 1.807) is 0 Å². The van der Waals surface area contributed by atoms with Crippen molar-refractivity contribution in [1.29, 1.82) is 0 Å². The number of carboxylic acids is 1. The predicted molar refractivity (Wildman–Crippen MR) is 101 cm³/mol. The van der Waals surface area contributed by atoms with Crippen LogP contribution in [0.5, 0.6) is 0 Å². The molecule has 0 amide bonds. The van der Waals surface area contributed by atoms with Gasteiger partial charge in [-0.2, -0.15) is 0 Å². The Bertz CT molecular complexity index is 767. The third-order valence-corrected chi connectivity index (χ3v) is 5.46. The van der Waals surface area contributed by atoms with E-state index in [1.807, 2.05) is 6.92 Å². The monoisotopic (exact) mass is 360 g/mol. The van der Waals surface area contributed by atoms with Crippen LogP contribution < -0.4 is 5.56 Å². The molecule has 0 atom stereocenters. The van der Waals surface area contributed by atoms with Crippen LogP contribution >= 0.6 is 11.3 Å². The van der Waals surface area contributed by atoms with Crippen LogP contribution in [-0.2, 0) is 13.5 Å². The fourth-order valence-electron chi connectivity index (χ4n) is 2.81. The molecule has 7 heteroatoms. The van der Waals surface area contributed by atoms with Crippen LogP contribution in [0.3, 0.4) is 0 Å². The summed E-state index contributed by atoms with van der Waals surface area (Å²) in [5.41, 5.74) is 0.693. The standard InChI is InChI=1S/C17H24N2O3S.Na.H/c1-4-5-6-7-8-9-10-12-11(2)13-15(23-12)18-14(17(21)22)19(3)16(13)20;;/h4-10H2,1-3H3,(H,21,22);;. The molecule has 0 radical (unpaired) electrons. The average molecular weight is 360 g/mol. The van der Waals surface area contributed by atoms with E-state index in [0.29, 0.717) is 10.2 Å². The van der Waals surface area contributed by atoms with Gasteiger partial charge in [-0.15, -0.1) is 11.3 Å². The molecule has 0 bridgehead atoms. The Balaban J connectivity index is 0.00000288. The third-order valence-electron chi connectivity index (χ3n) is 4.22. The van der Waals surface area contributed by atoms with E-state index in [0.717, 1.165) is 27.8 Å². The first-order valence-corrected chi connectivity index (χ1v) is 9.01. The molecular weight excluding hydrogens is 335 g/mol. The van der Waals surface area contributed by atoms with Crippen molar-refractivity contribution in [3.05, 3.63) is 26.6 Å². The average Bonchev–Trinajstić information content (AvgIpc) is 2.82. The van der Waals surface area contributed by atoms with Crippen molar-refractivity contribution < 1.29 is 9.90 Å². The van der Waals surface area contributed by atoms with Crippen molar-refractivity contribution in [3.8, 4) is 0 Å². The third kappa shape index (κ3) is 4.69. The fourth-order valence-corrected chi connectivity index (χ4v) is 4.01. The molecule has 5 nitrogen and oxygen atoms in total. The van der Waals surface area contributed by atoms with Gasteiger partial charge in [-0.25, -0.2) is 9.78 Å². The summed E-state index contributed by atoms with van der Waals surface area (Å²) in [4.78, 5) is 29.5. The van der Waals surface area contributed by atoms with Crippen LogP contribution in [0.25, 0.3) is 10.2 Å². The number of hydrogen-bond acceptors (Lipinski definition) is 4. The second kappa shape index (κ2) is 9.70. The van der Waals surface area contributed by atoms with Gasteiger partial charge < -0.3 is 5.11 Å². The Morgan fingerprint density at radius 3 is 2.46 bits per heavy atom. The number of hydrogen-bond donors (Lipinski definition) is 1. The SMILES string of the molecule is CCCCCCCCc1sc2nc(C(=O)O)n(C)c(=O)c2c1C.[NaH]. The maximum atomic E-state index is 12.4. The topological polar surface area (TPSA) is 72.2 Å². The summed E-state index contributed by atoms with van der Waals surface area (Å²) in [5, 5.41) is 9.72. The molecule has 0 aliphatic heterocycles. The Hall–Kier alpha value is -0.690. The van der Waals surface area contributed by atoms with Gasteiger partial charge in [0.05, 0.1) is 5.39 Å². The molecule has 2 rings (SSSR count). The zero-order valence-electron chi connectivity index (χ0n) is 14.0. The Labute approximate surface area is 168 Å². The number of fused-ring (bicyclic) bond motifs is 1. The molecular formula is C17H25N2NaO3S. The molecule has 24 heavy (non-hydrogen) atoms. The molecule has 1 N–H and O–H groups in total. The first-order chi connectivity index (χ1) is 11.0. The Morgan fingerprint density at radius 1 is 1.21 bits per heavy atom. The summed E-state index contributed by atoms with van der Waals surface area (Å²) < 4.78 is 1.12. The molecule has 0 spiro atoms. The summed E-state index contributed by atoms with van der Waals surface area (Å²) in [6, 6.07) is 0. The number of aromatic carboxylic acids is 1. The predicted octanol–water partition coefficient (Wildman–Crippen LogP) is 3.26. The fraction of sp³-hybridized carbons (Fsp3) is 0.588. The molecule has 0 fully saturated rings. The van der Waals surface area contributed by atoms with E-state index in [1.165, 1.54) is 50.5 Å². The summed E-state index contributed by atoms with van der Waals surface area (Å²) in [5.74, 6) is -1.37. The van der Waals surface area contributed by atoms with Gasteiger partial charge in [0.1, 0.15) is 4.83 Å². The molecule has 0 unspecified atom stereocenters. The molecule has 0 aliphatic rings. The number of aromatic nitrogens is 2. The zero-order valence-corrected chi connectivity index (χ0v) is 14.8. The molecule has 0 aromatic carbocycles. The zero-order chi connectivity index (χ0) is 17.0. The number of carbonyl (C=O) groups is 1. The molecule has 128 valence electrons. The van der Waals surface area contributed by atoms with E-state index in [-0.39, 0.29) is 40.9 Å². The van der Waals surface area contributed by atoms with Crippen molar-refractivity contribution in [1.82, 2.24) is 9.55 Å². The quantitative estimate of drug-likeness (QED) is 0.579. The molecule has 2 heterocycles. The molecule has 0 aliphatic carbocycles. The minimum absolute atomic E-state index is 0. The number of nitrogens with zero attached hydrogens (tertiary/aromatic N) is 2. The van der Waals surface area contributed by atoms with Crippen molar-refractivity contribution in [2.75, 3.05) is 0 Å². The molecule has 2 aromatic rings. The summed E-state index contributed by atoms with van der Waals surface area (Å²) in [6.45, 7) is 4.15. The summed E-state index contributed by atoms with van der Waals surface area (Å²) in [7, 11) is 1.46. The first-order valence-electron chi connectivity index (χ1n) is 8.19.